The molecule has 4 nitrogen and oxygen atoms in total. The molecule has 1 atom stereocenters. The molecule has 0 unspecified atom stereocenters. The normalized spacial score (nSPS) is 18.5. The number of anilines is 1. The third-order valence-corrected chi connectivity index (χ3v) is 6.09. The van der Waals surface area contributed by atoms with Crippen LogP contribution < -0.4 is 5.32 Å². The van der Waals surface area contributed by atoms with Gasteiger partial charge >= 0.3 is 6.18 Å². The average molecular weight is 406 g/mol. The highest BCUT2D eigenvalue weighted by atomic mass is 32.1. The van der Waals surface area contributed by atoms with E-state index in [9.17, 15) is 13.2 Å². The highest BCUT2D eigenvalue weighted by molar-refractivity contribution is 7.17. The van der Waals surface area contributed by atoms with E-state index in [0.717, 1.165) is 60.5 Å². The fourth-order valence-corrected chi connectivity index (χ4v) is 4.50. The van der Waals surface area contributed by atoms with Crippen LogP contribution in [0.5, 0.6) is 0 Å². The molecule has 0 saturated carbocycles. The second kappa shape index (κ2) is 7.67. The first-order valence-electron chi connectivity index (χ1n) is 9.36. The summed E-state index contributed by atoms with van der Waals surface area (Å²) < 4.78 is 39.4. The number of alkyl halides is 3. The van der Waals surface area contributed by atoms with Crippen molar-refractivity contribution in [1.82, 2.24) is 15.1 Å². The van der Waals surface area contributed by atoms with E-state index in [1.54, 1.807) is 11.3 Å². The summed E-state index contributed by atoms with van der Waals surface area (Å²) in [4.78, 5) is 2.41. The number of hydrogen-bond donors (Lipinski definition) is 1. The van der Waals surface area contributed by atoms with Crippen molar-refractivity contribution in [3.8, 4) is 11.3 Å². The van der Waals surface area contributed by atoms with Gasteiger partial charge in [0.05, 0.1) is 10.3 Å². The Kier molecular flexibility index (Phi) is 5.25. The van der Waals surface area contributed by atoms with Gasteiger partial charge in [0.2, 0.25) is 0 Å². The Hall–Kier alpha value is -2.19. The summed E-state index contributed by atoms with van der Waals surface area (Å²) in [5.41, 5.74) is 0.571. The van der Waals surface area contributed by atoms with Crippen molar-refractivity contribution in [2.45, 2.75) is 32.0 Å². The number of likely N-dealkylation sites (N-methyl/N-ethyl adjacent to an activating group) is 1. The van der Waals surface area contributed by atoms with Crippen molar-refractivity contribution in [3.05, 3.63) is 41.3 Å². The fraction of sp³-hybridized carbons (Fsp3) is 0.400. The molecule has 1 aliphatic rings. The van der Waals surface area contributed by atoms with Gasteiger partial charge in [0.25, 0.3) is 0 Å². The van der Waals surface area contributed by atoms with Crippen molar-refractivity contribution in [1.29, 1.82) is 0 Å². The number of thiophene rings is 1. The topological polar surface area (TPSA) is 41.0 Å². The van der Waals surface area contributed by atoms with Crippen LogP contribution in [-0.4, -0.2) is 40.8 Å². The number of piperidine rings is 1. The Balaban J connectivity index is 1.62. The molecule has 148 valence electrons. The first kappa shape index (κ1) is 19.1. The van der Waals surface area contributed by atoms with E-state index in [0.29, 0.717) is 17.3 Å². The second-order valence-electron chi connectivity index (χ2n) is 7.01. The Morgan fingerprint density at radius 3 is 2.68 bits per heavy atom. The summed E-state index contributed by atoms with van der Waals surface area (Å²) in [6.45, 7) is 5.30. The molecule has 0 radical (unpaired) electrons. The van der Waals surface area contributed by atoms with Gasteiger partial charge in [-0.3, -0.25) is 0 Å². The summed E-state index contributed by atoms with van der Waals surface area (Å²) in [6.07, 6.45) is -2.11. The van der Waals surface area contributed by atoms with Crippen LogP contribution in [-0.2, 0) is 6.18 Å². The minimum atomic E-state index is -4.35. The molecule has 1 N–H and O–H groups in total. The number of hydrogen-bond acceptors (Lipinski definition) is 5. The van der Waals surface area contributed by atoms with E-state index in [1.165, 1.54) is 12.1 Å². The quantitative estimate of drug-likeness (QED) is 0.641. The number of benzene rings is 1. The molecule has 0 amide bonds. The van der Waals surface area contributed by atoms with E-state index in [2.05, 4.69) is 27.3 Å². The van der Waals surface area contributed by atoms with Crippen LogP contribution in [0.3, 0.4) is 0 Å². The lowest BCUT2D eigenvalue weighted by Gasteiger charge is -2.32. The number of rotatable bonds is 4. The highest BCUT2D eigenvalue weighted by Crippen LogP contribution is 2.36. The molecule has 0 bridgehead atoms. The van der Waals surface area contributed by atoms with E-state index in [-0.39, 0.29) is 0 Å². The van der Waals surface area contributed by atoms with Crippen LogP contribution >= 0.6 is 11.3 Å². The number of likely N-dealkylation sites (tertiary alicyclic amines) is 1. The van der Waals surface area contributed by atoms with Crippen molar-refractivity contribution in [2.75, 3.05) is 25.0 Å². The summed E-state index contributed by atoms with van der Waals surface area (Å²) in [5.74, 6) is 0.753. The lowest BCUT2D eigenvalue weighted by atomic mass is 10.0. The smallest absolute Gasteiger partial charge is 0.363 e. The standard InChI is InChI=1S/C20H21F3N4S/c1-2-27-10-3-4-15(12-27)24-19-18-16(9-11-28-18)17(25-26-19)13-5-7-14(8-6-13)20(21,22)23/h5-9,11,15H,2-4,10,12H2,1H3,(H,24,26)/t15-/m1/s1. The van der Waals surface area contributed by atoms with E-state index >= 15 is 0 Å². The molecular formula is C20H21F3N4S. The van der Waals surface area contributed by atoms with Crippen LogP contribution in [0.15, 0.2) is 35.7 Å². The molecule has 2 aromatic heterocycles. The van der Waals surface area contributed by atoms with E-state index < -0.39 is 11.7 Å². The number of aromatic nitrogens is 2. The Bertz CT molecular complexity index is 952. The van der Waals surface area contributed by atoms with Crippen LogP contribution in [0.25, 0.3) is 21.3 Å². The third kappa shape index (κ3) is 3.84. The Labute approximate surface area is 165 Å². The van der Waals surface area contributed by atoms with Gasteiger partial charge in [0, 0.05) is 23.5 Å². The predicted molar refractivity (Wildman–Crippen MR) is 107 cm³/mol. The number of halogens is 3. The van der Waals surface area contributed by atoms with Crippen molar-refractivity contribution in [3.63, 3.8) is 0 Å². The van der Waals surface area contributed by atoms with Gasteiger partial charge in [0.1, 0.15) is 5.69 Å². The fourth-order valence-electron chi connectivity index (χ4n) is 3.66. The molecule has 28 heavy (non-hydrogen) atoms. The molecule has 4 rings (SSSR count). The molecule has 3 aromatic rings. The van der Waals surface area contributed by atoms with Gasteiger partial charge in [-0.05, 0) is 49.5 Å². The van der Waals surface area contributed by atoms with Crippen LogP contribution in [0, 0.1) is 0 Å². The van der Waals surface area contributed by atoms with Gasteiger partial charge in [-0.25, -0.2) is 0 Å². The molecule has 1 saturated heterocycles. The molecule has 8 heteroatoms. The van der Waals surface area contributed by atoms with Crippen LogP contribution in [0.2, 0.25) is 0 Å². The molecule has 1 fully saturated rings. The molecule has 3 heterocycles. The minimum Gasteiger partial charge on any atom is -0.363 e. The van der Waals surface area contributed by atoms with E-state index in [4.69, 9.17) is 0 Å². The second-order valence-corrected chi connectivity index (χ2v) is 7.93. The maximum Gasteiger partial charge on any atom is 0.416 e. The minimum absolute atomic E-state index is 0.324. The lowest BCUT2D eigenvalue weighted by Crippen LogP contribution is -2.42. The number of nitrogens with zero attached hydrogens (tertiary/aromatic N) is 3. The molecule has 0 aliphatic carbocycles. The zero-order valence-electron chi connectivity index (χ0n) is 15.5. The van der Waals surface area contributed by atoms with Gasteiger partial charge in [0.15, 0.2) is 5.82 Å². The van der Waals surface area contributed by atoms with Gasteiger partial charge in [-0.1, -0.05) is 19.1 Å². The van der Waals surface area contributed by atoms with Gasteiger partial charge in [-0.15, -0.1) is 21.5 Å². The SMILES string of the molecule is CCN1CCC[C@@H](Nc2nnc(-c3ccc(C(F)(F)F)cc3)c3ccsc23)C1. The summed E-state index contributed by atoms with van der Waals surface area (Å²) in [6, 6.07) is 7.36. The maximum absolute atomic E-state index is 12.8. The predicted octanol–water partition coefficient (Wildman–Crippen LogP) is 5.27. The Morgan fingerprint density at radius 1 is 1.18 bits per heavy atom. The first-order chi connectivity index (χ1) is 13.5. The zero-order valence-corrected chi connectivity index (χ0v) is 16.3. The molecule has 1 aliphatic heterocycles. The van der Waals surface area contributed by atoms with Gasteiger partial charge in [-0.2, -0.15) is 13.2 Å². The van der Waals surface area contributed by atoms with Crippen molar-refractivity contribution >= 4 is 27.2 Å². The lowest BCUT2D eigenvalue weighted by molar-refractivity contribution is -0.137. The summed E-state index contributed by atoms with van der Waals surface area (Å²) >= 11 is 1.57. The highest BCUT2D eigenvalue weighted by Gasteiger charge is 2.30. The van der Waals surface area contributed by atoms with Crippen LogP contribution in [0.1, 0.15) is 25.3 Å². The summed E-state index contributed by atoms with van der Waals surface area (Å²) in [7, 11) is 0. The summed E-state index contributed by atoms with van der Waals surface area (Å²) in [5, 5.41) is 15.1. The molecular weight excluding hydrogens is 385 g/mol. The number of fused-ring (bicyclic) bond motifs is 1. The van der Waals surface area contributed by atoms with Crippen molar-refractivity contribution in [2.24, 2.45) is 0 Å². The molecule has 0 spiro atoms. The zero-order chi connectivity index (χ0) is 19.7. The van der Waals surface area contributed by atoms with Crippen molar-refractivity contribution < 1.29 is 13.2 Å². The monoisotopic (exact) mass is 406 g/mol. The van der Waals surface area contributed by atoms with Gasteiger partial charge < -0.3 is 10.2 Å². The third-order valence-electron chi connectivity index (χ3n) is 5.16. The Morgan fingerprint density at radius 2 is 1.96 bits per heavy atom. The van der Waals surface area contributed by atoms with E-state index in [1.807, 2.05) is 11.4 Å². The van der Waals surface area contributed by atoms with Crippen LogP contribution in [0.4, 0.5) is 19.0 Å². The largest absolute Gasteiger partial charge is 0.416 e. The maximum atomic E-state index is 12.8. The first-order valence-corrected chi connectivity index (χ1v) is 10.2. The molecule has 1 aromatic carbocycles. The average Bonchev–Trinajstić information content (AvgIpc) is 3.18. The number of nitrogens with one attached hydrogen (secondary N) is 1.